The molecule has 1 fully saturated rings. The second kappa shape index (κ2) is 8.39. The van der Waals surface area contributed by atoms with Crippen molar-refractivity contribution in [2.75, 3.05) is 10.2 Å². The molecule has 1 saturated heterocycles. The molecule has 0 radical (unpaired) electrons. The molecule has 2 aromatic carbocycles. The van der Waals surface area contributed by atoms with E-state index in [0.717, 1.165) is 16.1 Å². The summed E-state index contributed by atoms with van der Waals surface area (Å²) in [6.45, 7) is 2.01. The summed E-state index contributed by atoms with van der Waals surface area (Å²) in [5.74, 6) is -0.416. The second-order valence-corrected chi connectivity index (χ2v) is 8.62. The number of thiophene rings is 1. The molecule has 0 bridgehead atoms. The molecule has 1 aromatic heterocycles. The normalized spacial score (nSPS) is 19.2. The SMILES string of the molecule is Cc1ccc(N2C(=O)CCC(C(=O)Nc3cccc(Cl)c3)C2c2cccs2)cc1. The predicted octanol–water partition coefficient (Wildman–Crippen LogP) is 5.83. The summed E-state index contributed by atoms with van der Waals surface area (Å²) < 4.78 is 0. The highest BCUT2D eigenvalue weighted by Gasteiger charge is 2.42. The third-order valence-corrected chi connectivity index (χ3v) is 6.35. The van der Waals surface area contributed by atoms with Crippen LogP contribution in [0.2, 0.25) is 5.02 Å². The van der Waals surface area contributed by atoms with Gasteiger partial charge in [0.15, 0.2) is 0 Å². The number of anilines is 2. The van der Waals surface area contributed by atoms with Gasteiger partial charge in [-0.05, 0) is 55.1 Å². The van der Waals surface area contributed by atoms with E-state index in [1.807, 2.05) is 54.8 Å². The minimum absolute atomic E-state index is 0.0408. The number of carbonyl (C=O) groups is 2. The van der Waals surface area contributed by atoms with Crippen molar-refractivity contribution in [3.63, 3.8) is 0 Å². The van der Waals surface area contributed by atoms with Gasteiger partial charge < -0.3 is 10.2 Å². The average molecular weight is 425 g/mol. The summed E-state index contributed by atoms with van der Waals surface area (Å²) in [7, 11) is 0. The number of nitrogens with zero attached hydrogens (tertiary/aromatic N) is 1. The number of nitrogens with one attached hydrogen (secondary N) is 1. The van der Waals surface area contributed by atoms with Gasteiger partial charge in [-0.1, -0.05) is 41.4 Å². The van der Waals surface area contributed by atoms with Crippen LogP contribution in [0.1, 0.15) is 29.3 Å². The standard InChI is InChI=1S/C23H21ClN2O2S/c1-15-7-9-18(10-8-15)26-21(27)12-11-19(22(26)20-6-3-13-29-20)23(28)25-17-5-2-4-16(24)14-17/h2-10,13-14,19,22H,11-12H2,1H3,(H,25,28). The van der Waals surface area contributed by atoms with Gasteiger partial charge in [-0.15, -0.1) is 11.3 Å². The number of hydrogen-bond donors (Lipinski definition) is 1. The van der Waals surface area contributed by atoms with Crippen molar-refractivity contribution in [3.8, 4) is 0 Å². The summed E-state index contributed by atoms with van der Waals surface area (Å²) in [4.78, 5) is 29.0. The molecular formula is C23H21ClN2O2S. The minimum atomic E-state index is -0.355. The van der Waals surface area contributed by atoms with E-state index in [4.69, 9.17) is 11.6 Å². The van der Waals surface area contributed by atoms with Gasteiger partial charge in [0.25, 0.3) is 0 Å². The summed E-state index contributed by atoms with van der Waals surface area (Å²) in [5, 5.41) is 5.53. The third kappa shape index (κ3) is 4.21. The number of rotatable bonds is 4. The molecular weight excluding hydrogens is 404 g/mol. The lowest BCUT2D eigenvalue weighted by atomic mass is 9.86. The van der Waals surface area contributed by atoms with Gasteiger partial charge in [0.05, 0.1) is 12.0 Å². The van der Waals surface area contributed by atoms with Crippen LogP contribution >= 0.6 is 22.9 Å². The van der Waals surface area contributed by atoms with E-state index in [1.54, 1.807) is 34.4 Å². The van der Waals surface area contributed by atoms with Crippen molar-refractivity contribution >= 4 is 46.1 Å². The Morgan fingerprint density at radius 2 is 1.93 bits per heavy atom. The Labute approximate surface area is 179 Å². The largest absolute Gasteiger partial charge is 0.326 e. The van der Waals surface area contributed by atoms with Crippen LogP contribution in [-0.2, 0) is 9.59 Å². The Kier molecular flexibility index (Phi) is 5.69. The molecule has 1 aliphatic rings. The van der Waals surface area contributed by atoms with Crippen LogP contribution in [0.5, 0.6) is 0 Å². The highest BCUT2D eigenvalue weighted by atomic mass is 35.5. The Morgan fingerprint density at radius 1 is 1.14 bits per heavy atom. The molecule has 4 rings (SSSR count). The lowest BCUT2D eigenvalue weighted by molar-refractivity contribution is -0.125. The number of piperidine rings is 1. The fraction of sp³-hybridized carbons (Fsp3) is 0.217. The van der Waals surface area contributed by atoms with E-state index < -0.39 is 0 Å². The first-order valence-corrected chi connectivity index (χ1v) is 10.8. The van der Waals surface area contributed by atoms with Gasteiger partial charge in [-0.25, -0.2) is 0 Å². The van der Waals surface area contributed by atoms with E-state index in [9.17, 15) is 9.59 Å². The second-order valence-electron chi connectivity index (χ2n) is 7.20. The molecule has 29 heavy (non-hydrogen) atoms. The molecule has 4 nitrogen and oxygen atoms in total. The number of carbonyl (C=O) groups excluding carboxylic acids is 2. The summed E-state index contributed by atoms with van der Waals surface area (Å²) in [6, 6.07) is 18.6. The van der Waals surface area contributed by atoms with E-state index in [1.165, 1.54) is 0 Å². The fourth-order valence-corrected chi connectivity index (χ4v) is 4.83. The number of amides is 2. The zero-order chi connectivity index (χ0) is 20.4. The average Bonchev–Trinajstić information content (AvgIpc) is 3.23. The maximum absolute atomic E-state index is 13.2. The first-order chi connectivity index (χ1) is 14.0. The molecule has 0 saturated carbocycles. The molecule has 2 amide bonds. The molecule has 1 N–H and O–H groups in total. The summed E-state index contributed by atoms with van der Waals surface area (Å²) in [6.07, 6.45) is 0.847. The Morgan fingerprint density at radius 3 is 2.62 bits per heavy atom. The van der Waals surface area contributed by atoms with Gasteiger partial charge in [-0.3, -0.25) is 9.59 Å². The third-order valence-electron chi connectivity index (χ3n) is 5.17. The van der Waals surface area contributed by atoms with Gasteiger partial charge >= 0.3 is 0 Å². The van der Waals surface area contributed by atoms with Crippen LogP contribution in [-0.4, -0.2) is 11.8 Å². The number of benzene rings is 2. The molecule has 0 spiro atoms. The quantitative estimate of drug-likeness (QED) is 0.572. The molecule has 0 aliphatic carbocycles. The van der Waals surface area contributed by atoms with Crippen molar-refractivity contribution in [1.29, 1.82) is 0 Å². The van der Waals surface area contributed by atoms with Crippen molar-refractivity contribution in [1.82, 2.24) is 0 Å². The number of halogens is 1. The van der Waals surface area contributed by atoms with E-state index >= 15 is 0 Å². The van der Waals surface area contributed by atoms with E-state index in [2.05, 4.69) is 5.32 Å². The molecule has 2 atom stereocenters. The lowest BCUT2D eigenvalue weighted by Crippen LogP contribution is -2.46. The maximum atomic E-state index is 13.2. The van der Waals surface area contributed by atoms with Crippen molar-refractivity contribution < 1.29 is 9.59 Å². The van der Waals surface area contributed by atoms with Crippen LogP contribution in [0.4, 0.5) is 11.4 Å². The molecule has 2 heterocycles. The molecule has 2 unspecified atom stereocenters. The lowest BCUT2D eigenvalue weighted by Gasteiger charge is -2.40. The van der Waals surface area contributed by atoms with Gasteiger partial charge in [0.1, 0.15) is 0 Å². The Hall–Kier alpha value is -2.63. The van der Waals surface area contributed by atoms with Crippen LogP contribution in [0.25, 0.3) is 0 Å². The topological polar surface area (TPSA) is 49.4 Å². The minimum Gasteiger partial charge on any atom is -0.326 e. The van der Waals surface area contributed by atoms with Crippen molar-refractivity contribution in [2.45, 2.75) is 25.8 Å². The van der Waals surface area contributed by atoms with Gasteiger partial charge in [0.2, 0.25) is 11.8 Å². The van der Waals surface area contributed by atoms with Crippen LogP contribution < -0.4 is 10.2 Å². The fourth-order valence-electron chi connectivity index (χ4n) is 3.76. The zero-order valence-electron chi connectivity index (χ0n) is 16.0. The van der Waals surface area contributed by atoms with Crippen LogP contribution in [0.15, 0.2) is 66.0 Å². The Bertz CT molecular complexity index is 1020. The van der Waals surface area contributed by atoms with Crippen LogP contribution in [0, 0.1) is 12.8 Å². The van der Waals surface area contributed by atoms with Crippen molar-refractivity contribution in [2.24, 2.45) is 5.92 Å². The summed E-state index contributed by atoms with van der Waals surface area (Å²) in [5.41, 5.74) is 2.60. The Balaban J connectivity index is 1.69. The highest BCUT2D eigenvalue weighted by Crippen LogP contribution is 2.42. The molecule has 3 aromatic rings. The molecule has 6 heteroatoms. The summed E-state index contributed by atoms with van der Waals surface area (Å²) >= 11 is 7.62. The first-order valence-electron chi connectivity index (χ1n) is 9.51. The highest BCUT2D eigenvalue weighted by molar-refractivity contribution is 7.10. The van der Waals surface area contributed by atoms with E-state index in [0.29, 0.717) is 23.6 Å². The first kappa shape index (κ1) is 19.7. The molecule has 1 aliphatic heterocycles. The number of hydrogen-bond acceptors (Lipinski definition) is 3. The van der Waals surface area contributed by atoms with Crippen LogP contribution in [0.3, 0.4) is 0 Å². The molecule has 148 valence electrons. The van der Waals surface area contributed by atoms with E-state index in [-0.39, 0.29) is 23.8 Å². The smallest absolute Gasteiger partial charge is 0.229 e. The number of aryl methyl sites for hydroxylation is 1. The van der Waals surface area contributed by atoms with Crippen molar-refractivity contribution in [3.05, 3.63) is 81.5 Å². The monoisotopic (exact) mass is 424 g/mol. The maximum Gasteiger partial charge on any atom is 0.229 e. The zero-order valence-corrected chi connectivity index (χ0v) is 17.5. The van der Waals surface area contributed by atoms with Gasteiger partial charge in [0, 0.05) is 27.7 Å². The van der Waals surface area contributed by atoms with Gasteiger partial charge in [-0.2, -0.15) is 0 Å². The predicted molar refractivity (Wildman–Crippen MR) is 119 cm³/mol.